The second-order valence-electron chi connectivity index (χ2n) is 6.18. The topological polar surface area (TPSA) is 19.7 Å². The second kappa shape index (κ2) is 6.76. The molecule has 2 heterocycles. The first kappa shape index (κ1) is 18.5. The van der Waals surface area contributed by atoms with Crippen molar-refractivity contribution in [2.45, 2.75) is 19.6 Å². The summed E-state index contributed by atoms with van der Waals surface area (Å²) in [5.41, 5.74) is 3.39. The Morgan fingerprint density at radius 1 is 0.923 bits per heavy atom. The summed E-state index contributed by atoms with van der Waals surface area (Å²) in [6.45, 7) is 2.54. The van der Waals surface area contributed by atoms with Crippen molar-refractivity contribution >= 4 is 21.8 Å². The summed E-state index contributed by atoms with van der Waals surface area (Å²) in [6.07, 6.45) is -2.32. The van der Waals surface area contributed by atoms with E-state index in [1.54, 1.807) is 0 Å². The molecule has 0 spiro atoms. The summed E-state index contributed by atoms with van der Waals surface area (Å²) < 4.78 is 40.1. The number of alkyl halides is 3. The number of H-pyrrole nitrogens is 1. The lowest BCUT2D eigenvalue weighted by Crippen LogP contribution is -3.00. The van der Waals surface area contributed by atoms with Crippen molar-refractivity contribution in [1.29, 1.82) is 0 Å². The number of hydrogen-bond donors (Lipinski definition) is 1. The Hall–Kier alpha value is -2.34. The van der Waals surface area contributed by atoms with Gasteiger partial charge in [-0.15, -0.1) is 0 Å². The average Bonchev–Trinajstić information content (AvgIpc) is 2.97. The Morgan fingerprint density at radius 2 is 1.62 bits per heavy atom. The molecule has 0 saturated carbocycles. The summed E-state index contributed by atoms with van der Waals surface area (Å²) in [6, 6.07) is 15.5. The lowest BCUT2D eigenvalue weighted by Gasteiger charge is -2.07. The zero-order chi connectivity index (χ0) is 17.6. The molecule has 0 saturated heterocycles. The molecule has 6 heteroatoms. The molecule has 4 rings (SSSR count). The fourth-order valence-corrected chi connectivity index (χ4v) is 3.21. The Kier molecular flexibility index (Phi) is 4.80. The summed E-state index contributed by atoms with van der Waals surface area (Å²) in [5, 5.41) is 2.32. The van der Waals surface area contributed by atoms with Gasteiger partial charge in [-0.25, -0.2) is 0 Å². The molecule has 0 fully saturated rings. The van der Waals surface area contributed by atoms with E-state index in [1.807, 2.05) is 42.0 Å². The Bertz CT molecular complexity index is 1070. The van der Waals surface area contributed by atoms with Crippen LogP contribution in [-0.2, 0) is 12.7 Å². The third-order valence-electron chi connectivity index (χ3n) is 4.59. The molecule has 0 radical (unpaired) electrons. The maximum atomic E-state index is 12.7. The first-order valence-corrected chi connectivity index (χ1v) is 7.99. The first-order valence-electron chi connectivity index (χ1n) is 7.99. The zero-order valence-electron chi connectivity index (χ0n) is 13.9. The number of aryl methyl sites for hydroxylation is 1. The van der Waals surface area contributed by atoms with Crippen LogP contribution in [0.15, 0.2) is 60.8 Å². The van der Waals surface area contributed by atoms with E-state index in [-0.39, 0.29) is 17.0 Å². The molecule has 0 bridgehead atoms. The first-order chi connectivity index (χ1) is 11.9. The van der Waals surface area contributed by atoms with Gasteiger partial charge in [0.1, 0.15) is 5.52 Å². The third-order valence-corrected chi connectivity index (χ3v) is 4.59. The van der Waals surface area contributed by atoms with Gasteiger partial charge < -0.3 is 22.0 Å². The molecular formula is C20H16BrF3N2. The number of nitrogens with one attached hydrogen (secondary N) is 1. The lowest BCUT2D eigenvalue weighted by atomic mass is 10.1. The van der Waals surface area contributed by atoms with Crippen LogP contribution in [0.3, 0.4) is 0 Å². The van der Waals surface area contributed by atoms with Gasteiger partial charge in [-0.05, 0) is 18.2 Å². The number of pyridine rings is 1. The molecule has 0 aliphatic carbocycles. The summed E-state index contributed by atoms with van der Waals surface area (Å²) in [5.74, 6) is 0. The lowest BCUT2D eigenvalue weighted by molar-refractivity contribution is -0.693. The fraction of sp³-hybridized carbons (Fsp3) is 0.150. The van der Waals surface area contributed by atoms with Crippen LogP contribution in [0.5, 0.6) is 0 Å². The van der Waals surface area contributed by atoms with E-state index in [1.165, 1.54) is 17.5 Å². The Morgan fingerprint density at radius 3 is 2.31 bits per heavy atom. The average molecular weight is 421 g/mol. The van der Waals surface area contributed by atoms with Crippen LogP contribution in [-0.4, -0.2) is 4.98 Å². The molecule has 2 aromatic heterocycles. The van der Waals surface area contributed by atoms with Crippen molar-refractivity contribution < 1.29 is 34.7 Å². The largest absolute Gasteiger partial charge is 1.00 e. The fourth-order valence-electron chi connectivity index (χ4n) is 3.21. The van der Waals surface area contributed by atoms with Crippen molar-refractivity contribution in [3.63, 3.8) is 0 Å². The highest BCUT2D eigenvalue weighted by atomic mass is 79.9. The van der Waals surface area contributed by atoms with Crippen LogP contribution in [0.25, 0.3) is 21.8 Å². The zero-order valence-corrected chi connectivity index (χ0v) is 15.5. The normalized spacial score (nSPS) is 11.7. The standard InChI is InChI=1S/C20H15F3N2.BrH/c1-13-19-17(16-4-2-3-5-18(16)24-19)10-11-25(13)12-14-6-8-15(9-7-14)20(21,22)23;/h2-11H,12H2,1H3;1H. The highest BCUT2D eigenvalue weighted by molar-refractivity contribution is 6.07. The molecule has 2 aromatic carbocycles. The minimum Gasteiger partial charge on any atom is -1.00 e. The molecule has 0 atom stereocenters. The SMILES string of the molecule is Cc1c2[nH]c3ccccc3c2cc[n+]1Cc1ccc(C(F)(F)F)cc1.[Br-]. The number of benzene rings is 2. The van der Waals surface area contributed by atoms with E-state index >= 15 is 0 Å². The number of fused-ring (bicyclic) bond motifs is 3. The van der Waals surface area contributed by atoms with E-state index in [2.05, 4.69) is 11.1 Å². The molecule has 0 unspecified atom stereocenters. The highest BCUT2D eigenvalue weighted by Crippen LogP contribution is 2.29. The van der Waals surface area contributed by atoms with Crippen molar-refractivity contribution in [3.05, 3.63) is 77.6 Å². The molecule has 1 N–H and O–H groups in total. The predicted octanol–water partition coefficient (Wildman–Crippen LogP) is 1.99. The molecule has 0 amide bonds. The second-order valence-corrected chi connectivity index (χ2v) is 6.18. The maximum Gasteiger partial charge on any atom is 0.416 e. The van der Waals surface area contributed by atoms with Gasteiger partial charge in [-0.1, -0.05) is 30.3 Å². The summed E-state index contributed by atoms with van der Waals surface area (Å²) in [7, 11) is 0. The van der Waals surface area contributed by atoms with E-state index in [0.717, 1.165) is 39.8 Å². The predicted molar refractivity (Wildman–Crippen MR) is 91.3 cm³/mol. The molecule has 4 aromatic rings. The van der Waals surface area contributed by atoms with Gasteiger partial charge in [0, 0.05) is 34.8 Å². The minimum absolute atomic E-state index is 0. The van der Waals surface area contributed by atoms with Crippen LogP contribution >= 0.6 is 0 Å². The highest BCUT2D eigenvalue weighted by Gasteiger charge is 2.30. The van der Waals surface area contributed by atoms with Gasteiger partial charge in [0.05, 0.1) is 5.56 Å². The summed E-state index contributed by atoms with van der Waals surface area (Å²) >= 11 is 0. The van der Waals surface area contributed by atoms with Gasteiger partial charge in [0.2, 0.25) is 5.69 Å². The van der Waals surface area contributed by atoms with Crippen LogP contribution < -0.4 is 21.5 Å². The quantitative estimate of drug-likeness (QED) is 0.478. The number of hydrogen-bond acceptors (Lipinski definition) is 0. The molecule has 26 heavy (non-hydrogen) atoms. The van der Waals surface area contributed by atoms with E-state index in [4.69, 9.17) is 0 Å². The number of nitrogens with zero attached hydrogens (tertiary/aromatic N) is 1. The van der Waals surface area contributed by atoms with Gasteiger partial charge in [0.15, 0.2) is 12.7 Å². The van der Waals surface area contributed by atoms with Crippen molar-refractivity contribution in [2.75, 3.05) is 0 Å². The molecular weight excluding hydrogens is 405 g/mol. The van der Waals surface area contributed by atoms with Gasteiger partial charge >= 0.3 is 6.18 Å². The number of aromatic amines is 1. The number of para-hydroxylation sites is 1. The van der Waals surface area contributed by atoms with Crippen molar-refractivity contribution in [1.82, 2.24) is 4.98 Å². The van der Waals surface area contributed by atoms with Gasteiger partial charge in [-0.3, -0.25) is 0 Å². The van der Waals surface area contributed by atoms with Gasteiger partial charge in [0.25, 0.3) is 0 Å². The Labute approximate surface area is 159 Å². The molecule has 0 aliphatic rings. The van der Waals surface area contributed by atoms with Crippen LogP contribution in [0, 0.1) is 6.92 Å². The smallest absolute Gasteiger partial charge is 0.416 e. The number of aromatic nitrogens is 2. The van der Waals surface area contributed by atoms with E-state index < -0.39 is 11.7 Å². The number of halogens is 4. The maximum absolute atomic E-state index is 12.7. The van der Waals surface area contributed by atoms with E-state index in [9.17, 15) is 13.2 Å². The summed E-state index contributed by atoms with van der Waals surface area (Å²) in [4.78, 5) is 3.43. The molecule has 134 valence electrons. The monoisotopic (exact) mass is 420 g/mol. The van der Waals surface area contributed by atoms with Gasteiger partial charge in [-0.2, -0.15) is 17.7 Å². The number of rotatable bonds is 2. The van der Waals surface area contributed by atoms with Crippen LogP contribution in [0.4, 0.5) is 13.2 Å². The Balaban J connectivity index is 0.00000196. The van der Waals surface area contributed by atoms with Crippen LogP contribution in [0.2, 0.25) is 0 Å². The third kappa shape index (κ3) is 3.21. The molecule has 0 aliphatic heterocycles. The van der Waals surface area contributed by atoms with Crippen molar-refractivity contribution in [2.24, 2.45) is 0 Å². The van der Waals surface area contributed by atoms with E-state index in [0.29, 0.717) is 6.54 Å². The van der Waals surface area contributed by atoms with Crippen LogP contribution in [0.1, 0.15) is 16.8 Å². The molecule has 2 nitrogen and oxygen atoms in total. The minimum atomic E-state index is -4.30. The van der Waals surface area contributed by atoms with Crippen molar-refractivity contribution in [3.8, 4) is 0 Å².